The molecule has 0 amide bonds. The number of rotatable bonds is 8. The number of allylic oxidation sites excluding steroid dienone is 2. The van der Waals surface area contributed by atoms with E-state index in [-0.39, 0.29) is 34.8 Å². The molecule has 1 aliphatic carbocycles. The number of ether oxygens (including phenoxy) is 1. The zero-order valence-electron chi connectivity index (χ0n) is 17.9. The second-order valence-electron chi connectivity index (χ2n) is 8.16. The van der Waals surface area contributed by atoms with Crippen molar-refractivity contribution in [2.24, 2.45) is 5.92 Å². The molecule has 0 aromatic heterocycles. The zero-order valence-corrected chi connectivity index (χ0v) is 17.9. The highest BCUT2D eigenvalue weighted by Gasteiger charge is 2.27. The van der Waals surface area contributed by atoms with Gasteiger partial charge in [-0.05, 0) is 68.1 Å². The summed E-state index contributed by atoms with van der Waals surface area (Å²) in [5.41, 5.74) is -0.489. The zero-order chi connectivity index (χ0) is 23.3. The fourth-order valence-electron chi connectivity index (χ4n) is 4.42. The molecule has 0 saturated heterocycles. The third-order valence-corrected chi connectivity index (χ3v) is 6.23. The second-order valence-corrected chi connectivity index (χ2v) is 8.16. The maximum atomic E-state index is 14.9. The lowest BCUT2D eigenvalue weighted by atomic mass is 9.77. The van der Waals surface area contributed by atoms with Crippen molar-refractivity contribution in [1.29, 1.82) is 0 Å². The normalized spacial score (nSPS) is 19.3. The van der Waals surface area contributed by atoms with Gasteiger partial charge < -0.3 is 4.74 Å². The predicted octanol–water partition coefficient (Wildman–Crippen LogP) is 8.19. The molecule has 0 radical (unpaired) electrons. The number of hydrogen-bond donors (Lipinski definition) is 0. The summed E-state index contributed by atoms with van der Waals surface area (Å²) in [7, 11) is 1.18. The SMILES string of the molecule is COc1ccc(-c2ccc(C3CCC(CC/C=C(/F)CCF)CC3)c(F)c2F)c(F)c1F. The minimum atomic E-state index is -1.30. The number of alkyl halides is 1. The molecule has 0 unspecified atom stereocenters. The third-order valence-electron chi connectivity index (χ3n) is 6.23. The Hall–Kier alpha value is -2.44. The highest BCUT2D eigenvalue weighted by Crippen LogP contribution is 2.41. The van der Waals surface area contributed by atoms with Gasteiger partial charge in [-0.2, -0.15) is 4.39 Å². The molecule has 0 spiro atoms. The number of methoxy groups -OCH3 is 1. The van der Waals surface area contributed by atoms with Crippen LogP contribution >= 0.6 is 0 Å². The van der Waals surface area contributed by atoms with Gasteiger partial charge in [-0.3, -0.25) is 4.39 Å². The van der Waals surface area contributed by atoms with Crippen molar-refractivity contribution in [3.8, 4) is 16.9 Å². The largest absolute Gasteiger partial charge is 0.494 e. The van der Waals surface area contributed by atoms with Crippen molar-refractivity contribution in [1.82, 2.24) is 0 Å². The molecule has 1 nitrogen and oxygen atoms in total. The highest BCUT2D eigenvalue weighted by molar-refractivity contribution is 5.66. The summed E-state index contributed by atoms with van der Waals surface area (Å²) in [4.78, 5) is 0. The predicted molar refractivity (Wildman–Crippen MR) is 112 cm³/mol. The topological polar surface area (TPSA) is 9.23 Å². The van der Waals surface area contributed by atoms with Crippen LogP contribution < -0.4 is 4.74 Å². The lowest BCUT2D eigenvalue weighted by Gasteiger charge is -2.29. The Bertz CT molecular complexity index is 963. The Morgan fingerprint density at radius 2 is 1.53 bits per heavy atom. The summed E-state index contributed by atoms with van der Waals surface area (Å²) >= 11 is 0. The maximum absolute atomic E-state index is 14.9. The van der Waals surface area contributed by atoms with Crippen LogP contribution in [0, 0.1) is 29.2 Å². The molecule has 0 bridgehead atoms. The molecule has 1 saturated carbocycles. The molecule has 2 aromatic carbocycles. The standard InChI is InChI=1S/C25H26F6O/c1-32-21-12-11-20(24(30)25(21)31)19-10-9-18(22(28)23(19)29)16-7-5-15(6-8-16)3-2-4-17(27)13-14-26/h4,9-12,15-16H,2-3,5-8,13-14H2,1H3/b17-4+. The minimum absolute atomic E-state index is 0.175. The van der Waals surface area contributed by atoms with E-state index in [0.717, 1.165) is 25.3 Å². The Balaban J connectivity index is 1.69. The lowest BCUT2D eigenvalue weighted by molar-refractivity contribution is 0.305. The summed E-state index contributed by atoms with van der Waals surface area (Å²) < 4.78 is 88.1. The fraction of sp³-hybridized carbons (Fsp3) is 0.440. The van der Waals surface area contributed by atoms with Gasteiger partial charge in [0.05, 0.1) is 19.6 Å². The van der Waals surface area contributed by atoms with E-state index in [4.69, 9.17) is 4.74 Å². The summed E-state index contributed by atoms with van der Waals surface area (Å²) in [5.74, 6) is -5.39. The van der Waals surface area contributed by atoms with Gasteiger partial charge in [0.15, 0.2) is 23.2 Å². The third kappa shape index (κ3) is 5.30. The molecule has 174 valence electrons. The van der Waals surface area contributed by atoms with Gasteiger partial charge in [0.2, 0.25) is 5.82 Å². The van der Waals surface area contributed by atoms with Crippen LogP contribution in [0.15, 0.2) is 36.2 Å². The van der Waals surface area contributed by atoms with Crippen LogP contribution in [0.2, 0.25) is 0 Å². The van der Waals surface area contributed by atoms with E-state index in [1.54, 1.807) is 0 Å². The lowest BCUT2D eigenvalue weighted by Crippen LogP contribution is -2.15. The Morgan fingerprint density at radius 3 is 2.16 bits per heavy atom. The van der Waals surface area contributed by atoms with E-state index in [9.17, 15) is 26.3 Å². The van der Waals surface area contributed by atoms with Gasteiger partial charge >= 0.3 is 0 Å². The molecular weight excluding hydrogens is 430 g/mol. The Kier molecular flexibility index (Phi) is 8.26. The van der Waals surface area contributed by atoms with Crippen LogP contribution in [0.5, 0.6) is 5.75 Å². The van der Waals surface area contributed by atoms with Gasteiger partial charge in [0, 0.05) is 17.5 Å². The average Bonchev–Trinajstić information content (AvgIpc) is 2.79. The number of halogens is 6. The first kappa shape index (κ1) is 24.2. The fourth-order valence-corrected chi connectivity index (χ4v) is 4.42. The van der Waals surface area contributed by atoms with Crippen molar-refractivity contribution < 1.29 is 31.1 Å². The molecule has 32 heavy (non-hydrogen) atoms. The minimum Gasteiger partial charge on any atom is -0.494 e. The Morgan fingerprint density at radius 1 is 0.906 bits per heavy atom. The van der Waals surface area contributed by atoms with E-state index >= 15 is 0 Å². The van der Waals surface area contributed by atoms with Gasteiger partial charge in [-0.15, -0.1) is 0 Å². The van der Waals surface area contributed by atoms with Crippen LogP contribution in [0.4, 0.5) is 26.3 Å². The molecule has 1 aliphatic rings. The highest BCUT2D eigenvalue weighted by atomic mass is 19.2. The van der Waals surface area contributed by atoms with E-state index in [0.29, 0.717) is 25.2 Å². The summed E-state index contributed by atoms with van der Waals surface area (Å²) in [5, 5.41) is 0. The summed E-state index contributed by atoms with van der Waals surface area (Å²) in [6, 6.07) is 5.04. The van der Waals surface area contributed by atoms with E-state index in [1.807, 2.05) is 0 Å². The molecule has 7 heteroatoms. The van der Waals surface area contributed by atoms with E-state index in [1.165, 1.54) is 31.4 Å². The molecule has 0 N–H and O–H groups in total. The van der Waals surface area contributed by atoms with Crippen molar-refractivity contribution in [2.45, 2.75) is 50.9 Å². The van der Waals surface area contributed by atoms with Gasteiger partial charge in [0.1, 0.15) is 0 Å². The van der Waals surface area contributed by atoms with Crippen LogP contribution in [0.25, 0.3) is 11.1 Å². The van der Waals surface area contributed by atoms with E-state index in [2.05, 4.69) is 0 Å². The van der Waals surface area contributed by atoms with Crippen molar-refractivity contribution >= 4 is 0 Å². The summed E-state index contributed by atoms with van der Waals surface area (Å²) in [6.07, 6.45) is 5.43. The van der Waals surface area contributed by atoms with Crippen molar-refractivity contribution in [3.05, 3.63) is 65.0 Å². The van der Waals surface area contributed by atoms with Gasteiger partial charge in [0.25, 0.3) is 0 Å². The monoisotopic (exact) mass is 456 g/mol. The maximum Gasteiger partial charge on any atom is 0.201 e. The molecule has 1 fully saturated rings. The Labute approximate surface area is 184 Å². The van der Waals surface area contributed by atoms with Crippen LogP contribution in [0.1, 0.15) is 56.4 Å². The molecule has 0 heterocycles. The van der Waals surface area contributed by atoms with Crippen LogP contribution in [0.3, 0.4) is 0 Å². The first-order valence-electron chi connectivity index (χ1n) is 10.8. The van der Waals surface area contributed by atoms with Crippen LogP contribution in [-0.4, -0.2) is 13.8 Å². The average molecular weight is 456 g/mol. The van der Waals surface area contributed by atoms with Gasteiger partial charge in [-0.1, -0.05) is 18.2 Å². The van der Waals surface area contributed by atoms with Crippen molar-refractivity contribution in [2.75, 3.05) is 13.8 Å². The second kappa shape index (κ2) is 10.9. The van der Waals surface area contributed by atoms with Gasteiger partial charge in [-0.25, -0.2) is 17.6 Å². The van der Waals surface area contributed by atoms with Crippen molar-refractivity contribution in [3.63, 3.8) is 0 Å². The molecule has 3 rings (SSSR count). The summed E-state index contributed by atoms with van der Waals surface area (Å²) in [6.45, 7) is -0.714. The smallest absolute Gasteiger partial charge is 0.201 e. The van der Waals surface area contributed by atoms with Crippen LogP contribution in [-0.2, 0) is 0 Å². The molecule has 0 atom stereocenters. The number of benzene rings is 2. The first-order valence-corrected chi connectivity index (χ1v) is 10.8. The molecule has 2 aromatic rings. The quantitative estimate of drug-likeness (QED) is 0.364. The molecular formula is C25H26F6O. The van der Waals surface area contributed by atoms with E-state index < -0.39 is 35.8 Å². The molecule has 0 aliphatic heterocycles. The number of hydrogen-bond acceptors (Lipinski definition) is 1. The first-order chi connectivity index (χ1) is 15.4.